The van der Waals surface area contributed by atoms with Crippen LogP contribution in [0.3, 0.4) is 0 Å². The molecule has 3 nitrogen and oxygen atoms in total. The number of anilines is 1. The van der Waals surface area contributed by atoms with Crippen molar-refractivity contribution < 1.29 is 31.1 Å². The van der Waals surface area contributed by atoms with Crippen molar-refractivity contribution in [1.82, 2.24) is 4.98 Å². The van der Waals surface area contributed by atoms with E-state index in [1.165, 1.54) is 20.8 Å². The van der Waals surface area contributed by atoms with Gasteiger partial charge < -0.3 is 5.32 Å². The van der Waals surface area contributed by atoms with Gasteiger partial charge in [-0.25, -0.2) is 4.98 Å². The van der Waals surface area contributed by atoms with Crippen LogP contribution in [0.5, 0.6) is 0 Å². The SMILES string of the molecule is CC(C)(C)C(=O)Nc1cnc(C(F)(F)F)cc1SC(F)(F)F. The molecule has 1 heterocycles. The van der Waals surface area contributed by atoms with Crippen molar-refractivity contribution in [2.24, 2.45) is 5.41 Å². The van der Waals surface area contributed by atoms with E-state index < -0.39 is 51.0 Å². The number of hydrogen-bond acceptors (Lipinski definition) is 3. The van der Waals surface area contributed by atoms with Crippen LogP contribution in [0.25, 0.3) is 0 Å². The third-order valence-corrected chi connectivity index (χ3v) is 3.10. The second-order valence-corrected chi connectivity index (χ2v) is 6.42. The Morgan fingerprint density at radius 3 is 2.09 bits per heavy atom. The number of pyridine rings is 1. The largest absolute Gasteiger partial charge is 0.446 e. The van der Waals surface area contributed by atoms with Gasteiger partial charge in [0.2, 0.25) is 5.91 Å². The van der Waals surface area contributed by atoms with Crippen molar-refractivity contribution >= 4 is 23.4 Å². The van der Waals surface area contributed by atoms with Crippen LogP contribution >= 0.6 is 11.8 Å². The van der Waals surface area contributed by atoms with Crippen molar-refractivity contribution in [2.75, 3.05) is 5.32 Å². The van der Waals surface area contributed by atoms with Crippen LogP contribution in [0.15, 0.2) is 17.2 Å². The van der Waals surface area contributed by atoms with E-state index in [-0.39, 0.29) is 6.07 Å². The molecule has 0 fully saturated rings. The number of alkyl halides is 6. The lowest BCUT2D eigenvalue weighted by molar-refractivity contribution is -0.141. The Morgan fingerprint density at radius 1 is 1.14 bits per heavy atom. The Labute approximate surface area is 126 Å². The van der Waals surface area contributed by atoms with Crippen LogP contribution in [-0.4, -0.2) is 16.4 Å². The summed E-state index contributed by atoms with van der Waals surface area (Å²) in [5.41, 5.74) is -7.61. The number of nitrogens with zero attached hydrogens (tertiary/aromatic N) is 1. The Morgan fingerprint density at radius 2 is 1.68 bits per heavy atom. The summed E-state index contributed by atoms with van der Waals surface area (Å²) in [5, 5.41) is 2.16. The highest BCUT2D eigenvalue weighted by Gasteiger charge is 2.36. The highest BCUT2D eigenvalue weighted by atomic mass is 32.2. The summed E-state index contributed by atoms with van der Waals surface area (Å²) in [4.78, 5) is 14.1. The average molecular weight is 346 g/mol. The van der Waals surface area contributed by atoms with Gasteiger partial charge in [-0.2, -0.15) is 26.3 Å². The molecule has 10 heteroatoms. The maximum Gasteiger partial charge on any atom is 0.446 e. The average Bonchev–Trinajstić information content (AvgIpc) is 2.26. The minimum Gasteiger partial charge on any atom is -0.323 e. The van der Waals surface area contributed by atoms with E-state index in [4.69, 9.17) is 0 Å². The predicted octanol–water partition coefficient (Wildman–Crippen LogP) is 4.70. The number of thioether (sulfide) groups is 1. The number of rotatable bonds is 2. The molecule has 0 unspecified atom stereocenters. The normalized spacial score (nSPS) is 13.1. The third kappa shape index (κ3) is 5.39. The Bertz CT molecular complexity index is 562. The summed E-state index contributed by atoms with van der Waals surface area (Å²) in [6.45, 7) is 4.53. The zero-order chi connectivity index (χ0) is 17.3. The molecule has 0 spiro atoms. The summed E-state index contributed by atoms with van der Waals surface area (Å²) < 4.78 is 75.0. The first-order valence-corrected chi connectivity index (χ1v) is 6.66. The van der Waals surface area contributed by atoms with Crippen LogP contribution in [0.1, 0.15) is 26.5 Å². The standard InChI is InChI=1S/C12H12F6N2OS/c1-10(2,3)9(21)20-6-5-19-8(11(13,14)15)4-7(6)22-12(16,17)18/h4-5H,1-3H3,(H,20,21). The lowest BCUT2D eigenvalue weighted by atomic mass is 9.95. The number of carbonyl (C=O) groups excluding carboxylic acids is 1. The Hall–Kier alpha value is -1.45. The van der Waals surface area contributed by atoms with Crippen molar-refractivity contribution in [3.63, 3.8) is 0 Å². The summed E-state index contributed by atoms with van der Waals surface area (Å²) in [6, 6.07) is 0.260. The molecule has 0 bridgehead atoms. The van der Waals surface area contributed by atoms with Crippen LogP contribution in [0, 0.1) is 5.41 Å². The van der Waals surface area contributed by atoms with Crippen molar-refractivity contribution in [2.45, 2.75) is 37.4 Å². The van der Waals surface area contributed by atoms with Gasteiger partial charge in [0.1, 0.15) is 5.69 Å². The lowest BCUT2D eigenvalue weighted by Crippen LogP contribution is -2.28. The summed E-state index contributed by atoms with van der Waals surface area (Å²) >= 11 is -0.744. The van der Waals surface area contributed by atoms with E-state index in [2.05, 4.69) is 10.3 Å². The van der Waals surface area contributed by atoms with Crippen molar-refractivity contribution in [3.8, 4) is 0 Å². The number of hydrogen-bond donors (Lipinski definition) is 1. The molecule has 0 saturated carbocycles. The molecule has 0 atom stereocenters. The van der Waals surface area contributed by atoms with E-state index in [0.29, 0.717) is 6.20 Å². The summed E-state index contributed by atoms with van der Waals surface area (Å²) in [7, 11) is 0. The van der Waals surface area contributed by atoms with Gasteiger partial charge in [-0.15, -0.1) is 0 Å². The molecular formula is C12H12F6N2OS. The van der Waals surface area contributed by atoms with E-state index in [1.807, 2.05) is 0 Å². The van der Waals surface area contributed by atoms with Crippen LogP contribution < -0.4 is 5.32 Å². The minimum atomic E-state index is -4.88. The number of nitrogens with one attached hydrogen (secondary N) is 1. The van der Waals surface area contributed by atoms with Gasteiger partial charge in [-0.05, 0) is 17.8 Å². The van der Waals surface area contributed by atoms with Gasteiger partial charge in [-0.1, -0.05) is 20.8 Å². The lowest BCUT2D eigenvalue weighted by Gasteiger charge is -2.20. The molecule has 1 aromatic heterocycles. The van der Waals surface area contributed by atoms with Gasteiger partial charge in [0.25, 0.3) is 0 Å². The Kier molecular flexibility index (Phi) is 5.05. The first-order chi connectivity index (χ1) is 9.70. The topological polar surface area (TPSA) is 42.0 Å². The highest BCUT2D eigenvalue weighted by molar-refractivity contribution is 8.00. The highest BCUT2D eigenvalue weighted by Crippen LogP contribution is 2.42. The fourth-order valence-corrected chi connectivity index (χ4v) is 1.84. The predicted molar refractivity (Wildman–Crippen MR) is 69.2 cm³/mol. The number of amides is 1. The molecule has 0 aliphatic rings. The monoisotopic (exact) mass is 346 g/mol. The molecule has 0 saturated heterocycles. The second kappa shape index (κ2) is 5.98. The molecule has 1 amide bonds. The zero-order valence-electron chi connectivity index (χ0n) is 11.7. The van der Waals surface area contributed by atoms with Crippen LogP contribution in [0.4, 0.5) is 32.0 Å². The molecule has 22 heavy (non-hydrogen) atoms. The van der Waals surface area contributed by atoms with Crippen molar-refractivity contribution in [3.05, 3.63) is 18.0 Å². The van der Waals surface area contributed by atoms with Crippen LogP contribution in [0.2, 0.25) is 0 Å². The van der Waals surface area contributed by atoms with Crippen molar-refractivity contribution in [1.29, 1.82) is 0 Å². The van der Waals surface area contributed by atoms with E-state index >= 15 is 0 Å². The second-order valence-electron chi connectivity index (χ2n) is 5.32. The molecule has 0 aliphatic carbocycles. The first-order valence-electron chi connectivity index (χ1n) is 5.84. The fraction of sp³-hybridized carbons (Fsp3) is 0.500. The summed E-state index contributed by atoms with van der Waals surface area (Å²) in [6.07, 6.45) is -4.31. The van der Waals surface area contributed by atoms with Crippen LogP contribution in [-0.2, 0) is 11.0 Å². The van der Waals surface area contributed by atoms with Gasteiger partial charge in [0, 0.05) is 10.3 Å². The van der Waals surface area contributed by atoms with Gasteiger partial charge in [-0.3, -0.25) is 4.79 Å². The Balaban J connectivity index is 3.24. The van der Waals surface area contributed by atoms with E-state index in [0.717, 1.165) is 0 Å². The van der Waals surface area contributed by atoms with E-state index in [1.54, 1.807) is 0 Å². The maximum absolute atomic E-state index is 12.5. The van der Waals surface area contributed by atoms with Gasteiger partial charge in [0.05, 0.1) is 11.9 Å². The molecule has 124 valence electrons. The van der Waals surface area contributed by atoms with Gasteiger partial charge in [0.15, 0.2) is 0 Å². The number of halogens is 6. The summed E-state index contributed by atoms with van der Waals surface area (Å²) in [5.74, 6) is -0.641. The first kappa shape index (κ1) is 18.6. The molecule has 0 radical (unpaired) electrons. The van der Waals surface area contributed by atoms with E-state index in [9.17, 15) is 31.1 Å². The molecule has 1 N–H and O–H groups in total. The van der Waals surface area contributed by atoms with Gasteiger partial charge >= 0.3 is 11.7 Å². The molecule has 0 aliphatic heterocycles. The third-order valence-electron chi connectivity index (χ3n) is 2.31. The molecular weight excluding hydrogens is 334 g/mol. The quantitative estimate of drug-likeness (QED) is 0.624. The fourth-order valence-electron chi connectivity index (χ4n) is 1.20. The molecule has 1 rings (SSSR count). The smallest absolute Gasteiger partial charge is 0.323 e. The number of aromatic nitrogens is 1. The molecule has 0 aromatic carbocycles. The zero-order valence-corrected chi connectivity index (χ0v) is 12.5. The maximum atomic E-state index is 12.5. The molecule has 1 aromatic rings. The number of carbonyl (C=O) groups is 1. The minimum absolute atomic E-state index is 0.260.